The van der Waals surface area contributed by atoms with Gasteiger partial charge in [-0.15, -0.1) is 0 Å². The number of rotatable bonds is 4. The minimum Gasteiger partial charge on any atom is -0.462 e. The number of carbonyl (C=O) groups excluding carboxylic acids is 1. The van der Waals surface area contributed by atoms with Gasteiger partial charge in [0.1, 0.15) is 23.3 Å². The number of esters is 1. The Hall–Kier alpha value is -1.70. The predicted molar refractivity (Wildman–Crippen MR) is 73.7 cm³/mol. The van der Waals surface area contributed by atoms with Crippen molar-refractivity contribution in [3.63, 3.8) is 0 Å². The first-order chi connectivity index (χ1) is 8.99. The Morgan fingerprint density at radius 2 is 2.26 bits per heavy atom. The minimum absolute atomic E-state index is 0.0472. The SMILES string of the molecule is CC(C)OC(=O)CNc1ncnc2c1c(Br)nn2C. The van der Waals surface area contributed by atoms with Crippen LogP contribution in [-0.4, -0.2) is 38.4 Å². The third-order valence-corrected chi connectivity index (χ3v) is 2.90. The highest BCUT2D eigenvalue weighted by Crippen LogP contribution is 2.26. The molecule has 8 heteroatoms. The smallest absolute Gasteiger partial charge is 0.325 e. The molecule has 2 aromatic rings. The molecule has 0 atom stereocenters. The molecule has 102 valence electrons. The van der Waals surface area contributed by atoms with Crippen LogP contribution in [0, 0.1) is 0 Å². The first-order valence-electron chi connectivity index (χ1n) is 5.75. The lowest BCUT2D eigenvalue weighted by molar-refractivity contribution is -0.145. The number of fused-ring (bicyclic) bond motifs is 1. The van der Waals surface area contributed by atoms with E-state index in [9.17, 15) is 4.79 Å². The van der Waals surface area contributed by atoms with Crippen LogP contribution in [0.3, 0.4) is 0 Å². The first-order valence-corrected chi connectivity index (χ1v) is 6.55. The Labute approximate surface area is 118 Å². The van der Waals surface area contributed by atoms with Crippen molar-refractivity contribution >= 4 is 38.8 Å². The largest absolute Gasteiger partial charge is 0.462 e. The summed E-state index contributed by atoms with van der Waals surface area (Å²) in [7, 11) is 1.79. The highest BCUT2D eigenvalue weighted by Gasteiger charge is 2.14. The standard InChI is InChI=1S/C11H14BrN5O2/c1-6(2)19-7(18)4-13-10-8-9(12)16-17(3)11(8)15-5-14-10/h5-6H,4H2,1-3H3,(H,13,14,15). The van der Waals surface area contributed by atoms with Crippen LogP contribution in [0.25, 0.3) is 11.0 Å². The zero-order valence-corrected chi connectivity index (χ0v) is 12.4. The fourth-order valence-electron chi connectivity index (χ4n) is 1.64. The molecule has 0 bridgehead atoms. The number of halogens is 1. The zero-order chi connectivity index (χ0) is 14.0. The minimum atomic E-state index is -0.332. The molecule has 0 amide bonds. The van der Waals surface area contributed by atoms with Gasteiger partial charge in [-0.2, -0.15) is 5.10 Å². The summed E-state index contributed by atoms with van der Waals surface area (Å²) in [5.74, 6) is 0.215. The van der Waals surface area contributed by atoms with Crippen LogP contribution in [0.15, 0.2) is 10.9 Å². The molecule has 0 aromatic carbocycles. The Balaban J connectivity index is 2.19. The quantitative estimate of drug-likeness (QED) is 0.857. The number of anilines is 1. The Morgan fingerprint density at radius 1 is 1.53 bits per heavy atom. The highest BCUT2D eigenvalue weighted by molar-refractivity contribution is 9.10. The molecule has 2 aromatic heterocycles. The Morgan fingerprint density at radius 3 is 2.95 bits per heavy atom. The van der Waals surface area contributed by atoms with Gasteiger partial charge in [-0.05, 0) is 29.8 Å². The number of hydrogen-bond donors (Lipinski definition) is 1. The average molecular weight is 328 g/mol. The molecule has 0 saturated carbocycles. The van der Waals surface area contributed by atoms with Gasteiger partial charge in [-0.1, -0.05) is 0 Å². The summed E-state index contributed by atoms with van der Waals surface area (Å²) in [4.78, 5) is 19.8. The van der Waals surface area contributed by atoms with Crippen LogP contribution in [0.5, 0.6) is 0 Å². The summed E-state index contributed by atoms with van der Waals surface area (Å²) in [6, 6.07) is 0. The van der Waals surface area contributed by atoms with Crippen LogP contribution in [0.1, 0.15) is 13.8 Å². The van der Waals surface area contributed by atoms with Gasteiger partial charge in [0, 0.05) is 7.05 Å². The second kappa shape index (κ2) is 5.52. The molecule has 0 aliphatic heterocycles. The summed E-state index contributed by atoms with van der Waals surface area (Å²) in [5.41, 5.74) is 0.682. The summed E-state index contributed by atoms with van der Waals surface area (Å²) < 4.78 is 7.31. The lowest BCUT2D eigenvalue weighted by Crippen LogP contribution is -2.20. The molecule has 7 nitrogen and oxygen atoms in total. The van der Waals surface area contributed by atoms with Crippen LogP contribution in [-0.2, 0) is 16.6 Å². The second-order valence-corrected chi connectivity index (χ2v) is 4.98. The maximum Gasteiger partial charge on any atom is 0.325 e. The van der Waals surface area contributed by atoms with Gasteiger partial charge in [0.15, 0.2) is 5.65 Å². The third-order valence-electron chi connectivity index (χ3n) is 2.35. The maximum atomic E-state index is 11.5. The van der Waals surface area contributed by atoms with Crippen molar-refractivity contribution in [2.24, 2.45) is 7.05 Å². The molecule has 0 spiro atoms. The molecule has 1 N–H and O–H groups in total. The van der Waals surface area contributed by atoms with Crippen molar-refractivity contribution < 1.29 is 9.53 Å². The Bertz CT molecular complexity index is 610. The van der Waals surface area contributed by atoms with Gasteiger partial charge >= 0.3 is 5.97 Å². The van der Waals surface area contributed by atoms with E-state index >= 15 is 0 Å². The predicted octanol–water partition coefficient (Wildman–Crippen LogP) is 1.49. The number of carbonyl (C=O) groups is 1. The number of nitrogens with zero attached hydrogens (tertiary/aromatic N) is 4. The van der Waals surface area contributed by atoms with E-state index in [4.69, 9.17) is 4.74 Å². The van der Waals surface area contributed by atoms with Gasteiger partial charge in [-0.3, -0.25) is 4.79 Å². The molecule has 0 fully saturated rings. The molecular formula is C11H14BrN5O2. The molecular weight excluding hydrogens is 314 g/mol. The topological polar surface area (TPSA) is 81.9 Å². The zero-order valence-electron chi connectivity index (χ0n) is 10.8. The number of ether oxygens (including phenoxy) is 1. The molecule has 0 aliphatic rings. The lowest BCUT2D eigenvalue weighted by atomic mass is 10.4. The summed E-state index contributed by atoms with van der Waals surface area (Å²) in [6.45, 7) is 3.66. The van der Waals surface area contributed by atoms with Gasteiger partial charge in [0.25, 0.3) is 0 Å². The molecule has 0 radical (unpaired) electrons. The van der Waals surface area contributed by atoms with Gasteiger partial charge in [0.05, 0.1) is 11.5 Å². The Kier molecular flexibility index (Phi) is 3.98. The molecule has 0 unspecified atom stereocenters. The van der Waals surface area contributed by atoms with Crippen molar-refractivity contribution in [1.82, 2.24) is 19.7 Å². The van der Waals surface area contributed by atoms with Gasteiger partial charge < -0.3 is 10.1 Å². The van der Waals surface area contributed by atoms with E-state index in [-0.39, 0.29) is 18.6 Å². The highest BCUT2D eigenvalue weighted by atomic mass is 79.9. The van der Waals surface area contributed by atoms with Crippen LogP contribution in [0.4, 0.5) is 5.82 Å². The number of aryl methyl sites for hydroxylation is 1. The van der Waals surface area contributed by atoms with E-state index in [1.165, 1.54) is 6.33 Å². The van der Waals surface area contributed by atoms with Crippen LogP contribution < -0.4 is 5.32 Å². The third kappa shape index (κ3) is 3.01. The van der Waals surface area contributed by atoms with E-state index in [0.717, 1.165) is 5.39 Å². The van der Waals surface area contributed by atoms with Gasteiger partial charge in [0.2, 0.25) is 0 Å². The number of hydrogen-bond acceptors (Lipinski definition) is 6. The van der Waals surface area contributed by atoms with E-state index in [2.05, 4.69) is 36.3 Å². The normalized spacial score (nSPS) is 11.0. The summed E-state index contributed by atoms with van der Waals surface area (Å²) in [5, 5.41) is 7.88. The second-order valence-electron chi connectivity index (χ2n) is 4.23. The average Bonchev–Trinajstić information content (AvgIpc) is 2.62. The van der Waals surface area contributed by atoms with Crippen molar-refractivity contribution in [3.8, 4) is 0 Å². The lowest BCUT2D eigenvalue weighted by Gasteiger charge is -2.09. The van der Waals surface area contributed by atoms with Crippen LogP contribution >= 0.6 is 15.9 Å². The fourth-order valence-corrected chi connectivity index (χ4v) is 2.24. The first kappa shape index (κ1) is 13.7. The number of aromatic nitrogens is 4. The van der Waals surface area contributed by atoms with E-state index in [1.807, 2.05) is 0 Å². The molecule has 2 heterocycles. The van der Waals surface area contributed by atoms with Crippen molar-refractivity contribution in [2.45, 2.75) is 20.0 Å². The maximum absolute atomic E-state index is 11.5. The fraction of sp³-hybridized carbons (Fsp3) is 0.455. The van der Waals surface area contributed by atoms with Gasteiger partial charge in [-0.25, -0.2) is 14.6 Å². The van der Waals surface area contributed by atoms with E-state index in [1.54, 1.807) is 25.6 Å². The molecule has 2 rings (SSSR count). The summed E-state index contributed by atoms with van der Waals surface area (Å²) >= 11 is 3.35. The molecule has 0 saturated heterocycles. The van der Waals surface area contributed by atoms with Crippen LogP contribution in [0.2, 0.25) is 0 Å². The summed E-state index contributed by atoms with van der Waals surface area (Å²) in [6.07, 6.45) is 1.29. The number of nitrogens with one attached hydrogen (secondary N) is 1. The van der Waals surface area contributed by atoms with E-state index in [0.29, 0.717) is 16.1 Å². The van der Waals surface area contributed by atoms with Crippen molar-refractivity contribution in [3.05, 3.63) is 10.9 Å². The van der Waals surface area contributed by atoms with Crippen molar-refractivity contribution in [2.75, 3.05) is 11.9 Å². The molecule has 0 aliphatic carbocycles. The monoisotopic (exact) mass is 327 g/mol. The van der Waals surface area contributed by atoms with E-state index < -0.39 is 0 Å². The van der Waals surface area contributed by atoms with Crippen molar-refractivity contribution in [1.29, 1.82) is 0 Å². The molecule has 19 heavy (non-hydrogen) atoms.